The maximum atomic E-state index is 12.9. The number of rotatable bonds is 9. The number of methoxy groups -OCH3 is 1. The first-order valence-corrected chi connectivity index (χ1v) is 11.5. The highest BCUT2D eigenvalue weighted by Gasteiger charge is 2.30. The van der Waals surface area contributed by atoms with Crippen molar-refractivity contribution >= 4 is 16.0 Å². The van der Waals surface area contributed by atoms with Crippen molar-refractivity contribution in [1.82, 2.24) is 9.62 Å². The van der Waals surface area contributed by atoms with E-state index in [-0.39, 0.29) is 12.6 Å². The summed E-state index contributed by atoms with van der Waals surface area (Å²) in [4.78, 5) is 14.4. The molecule has 1 N–H and O–H groups in total. The number of hydrogen-bond acceptors (Lipinski definition) is 7. The molecule has 2 heterocycles. The van der Waals surface area contributed by atoms with Gasteiger partial charge in [-0.3, -0.25) is 9.69 Å². The minimum atomic E-state index is -3.77. The highest BCUT2D eigenvalue weighted by atomic mass is 32.2. The Bertz CT molecular complexity index is 922. The zero-order valence-corrected chi connectivity index (χ0v) is 18.1. The van der Waals surface area contributed by atoms with E-state index in [1.165, 1.54) is 7.11 Å². The number of esters is 1. The van der Waals surface area contributed by atoms with Gasteiger partial charge >= 0.3 is 5.97 Å². The standard InChI is InChI=1S/C21H28N2O6S/c1-16-8-9-20(29-16)19(23-10-12-28-13-11-23)14-22-30(25,26)15-18(21(24)27-2)17-6-4-3-5-7-17/h3-9,18-19,22H,10-15H2,1-2H3/t18-,19-/m1/s1. The molecule has 0 unspecified atom stereocenters. The lowest BCUT2D eigenvalue weighted by Gasteiger charge is -2.33. The molecule has 0 aliphatic carbocycles. The quantitative estimate of drug-likeness (QED) is 0.599. The lowest BCUT2D eigenvalue weighted by molar-refractivity contribution is -0.141. The molecule has 0 amide bonds. The Hall–Kier alpha value is -2.20. The summed E-state index contributed by atoms with van der Waals surface area (Å²) >= 11 is 0. The molecular formula is C21H28N2O6S. The van der Waals surface area contributed by atoms with Crippen LogP contribution in [0, 0.1) is 6.92 Å². The van der Waals surface area contributed by atoms with E-state index in [1.807, 2.05) is 25.1 Å². The van der Waals surface area contributed by atoms with Gasteiger partial charge in [0.15, 0.2) is 0 Å². The van der Waals surface area contributed by atoms with E-state index in [9.17, 15) is 13.2 Å². The number of morpholine rings is 1. The second-order valence-electron chi connectivity index (χ2n) is 7.23. The number of aryl methyl sites for hydroxylation is 1. The number of carbonyl (C=O) groups is 1. The number of sulfonamides is 1. The highest BCUT2D eigenvalue weighted by molar-refractivity contribution is 7.89. The molecule has 164 valence electrons. The summed E-state index contributed by atoms with van der Waals surface area (Å²) in [5, 5.41) is 0. The molecule has 30 heavy (non-hydrogen) atoms. The summed E-state index contributed by atoms with van der Waals surface area (Å²) in [6.07, 6.45) is 0. The zero-order chi connectivity index (χ0) is 21.6. The molecule has 3 rings (SSSR count). The molecule has 0 spiro atoms. The molecule has 1 fully saturated rings. The van der Waals surface area contributed by atoms with Crippen LogP contribution < -0.4 is 4.72 Å². The maximum Gasteiger partial charge on any atom is 0.314 e. The Kier molecular flexibility index (Phi) is 7.65. The van der Waals surface area contributed by atoms with Gasteiger partial charge in [0.1, 0.15) is 11.5 Å². The second kappa shape index (κ2) is 10.2. The Morgan fingerprint density at radius 3 is 2.47 bits per heavy atom. The van der Waals surface area contributed by atoms with E-state index in [2.05, 4.69) is 9.62 Å². The van der Waals surface area contributed by atoms with Crippen LogP contribution in [0.3, 0.4) is 0 Å². The van der Waals surface area contributed by atoms with Crippen LogP contribution in [-0.2, 0) is 24.3 Å². The third-order valence-electron chi connectivity index (χ3n) is 5.15. The molecule has 1 aliphatic heterocycles. The van der Waals surface area contributed by atoms with Crippen molar-refractivity contribution in [2.75, 3.05) is 45.7 Å². The monoisotopic (exact) mass is 436 g/mol. The van der Waals surface area contributed by atoms with Crippen LogP contribution >= 0.6 is 0 Å². The fourth-order valence-electron chi connectivity index (χ4n) is 3.54. The van der Waals surface area contributed by atoms with Gasteiger partial charge in [-0.15, -0.1) is 0 Å². The third kappa shape index (κ3) is 5.91. The van der Waals surface area contributed by atoms with Crippen LogP contribution in [0.2, 0.25) is 0 Å². The minimum Gasteiger partial charge on any atom is -0.469 e. The van der Waals surface area contributed by atoms with Crippen molar-refractivity contribution in [3.05, 3.63) is 59.5 Å². The van der Waals surface area contributed by atoms with E-state index in [1.54, 1.807) is 24.3 Å². The predicted octanol–water partition coefficient (Wildman–Crippen LogP) is 1.84. The van der Waals surface area contributed by atoms with Crippen molar-refractivity contribution in [1.29, 1.82) is 0 Å². The van der Waals surface area contributed by atoms with Gasteiger partial charge in [-0.1, -0.05) is 30.3 Å². The molecule has 0 saturated carbocycles. The van der Waals surface area contributed by atoms with Gasteiger partial charge in [0, 0.05) is 19.6 Å². The molecule has 1 aliphatic rings. The van der Waals surface area contributed by atoms with Crippen LogP contribution in [0.25, 0.3) is 0 Å². The summed E-state index contributed by atoms with van der Waals surface area (Å²) < 4.78 is 44.4. The van der Waals surface area contributed by atoms with Crippen LogP contribution in [0.1, 0.15) is 29.0 Å². The zero-order valence-electron chi connectivity index (χ0n) is 17.2. The van der Waals surface area contributed by atoms with Crippen LogP contribution in [0.5, 0.6) is 0 Å². The summed E-state index contributed by atoms with van der Waals surface area (Å²) in [5.41, 5.74) is 0.598. The summed E-state index contributed by atoms with van der Waals surface area (Å²) in [7, 11) is -2.51. The van der Waals surface area contributed by atoms with Gasteiger partial charge in [-0.05, 0) is 24.6 Å². The average Bonchev–Trinajstić information content (AvgIpc) is 3.19. The number of ether oxygens (including phenoxy) is 2. The summed E-state index contributed by atoms with van der Waals surface area (Å²) in [6.45, 7) is 4.52. The van der Waals surface area contributed by atoms with Crippen LogP contribution in [-0.4, -0.2) is 65.0 Å². The van der Waals surface area contributed by atoms with E-state index in [4.69, 9.17) is 13.9 Å². The number of carbonyl (C=O) groups excluding carboxylic acids is 1. The summed E-state index contributed by atoms with van der Waals surface area (Å²) in [6, 6.07) is 12.2. The number of furan rings is 1. The van der Waals surface area contributed by atoms with Crippen molar-refractivity contribution < 1.29 is 27.1 Å². The lowest BCUT2D eigenvalue weighted by Crippen LogP contribution is -2.44. The molecular weight excluding hydrogens is 408 g/mol. The van der Waals surface area contributed by atoms with Crippen molar-refractivity contribution in [2.45, 2.75) is 18.9 Å². The fourth-order valence-corrected chi connectivity index (χ4v) is 4.84. The van der Waals surface area contributed by atoms with Crippen molar-refractivity contribution in [3.63, 3.8) is 0 Å². The third-order valence-corrected chi connectivity index (χ3v) is 6.53. The summed E-state index contributed by atoms with van der Waals surface area (Å²) in [5.74, 6) is -0.415. The number of benzene rings is 1. The van der Waals surface area contributed by atoms with E-state index >= 15 is 0 Å². The molecule has 2 atom stereocenters. The van der Waals surface area contributed by atoms with Crippen molar-refractivity contribution in [3.8, 4) is 0 Å². The van der Waals surface area contributed by atoms with E-state index in [0.29, 0.717) is 37.6 Å². The van der Waals surface area contributed by atoms with Gasteiger partial charge < -0.3 is 13.9 Å². The maximum absolute atomic E-state index is 12.9. The van der Waals surface area contributed by atoms with Gasteiger partial charge in [-0.2, -0.15) is 0 Å². The van der Waals surface area contributed by atoms with Gasteiger partial charge in [0.05, 0.1) is 38.0 Å². The smallest absolute Gasteiger partial charge is 0.314 e. The Morgan fingerprint density at radius 1 is 1.17 bits per heavy atom. The molecule has 9 heteroatoms. The molecule has 8 nitrogen and oxygen atoms in total. The van der Waals surface area contributed by atoms with Crippen LogP contribution in [0.4, 0.5) is 0 Å². The minimum absolute atomic E-state index is 0.137. The first-order valence-electron chi connectivity index (χ1n) is 9.88. The first-order chi connectivity index (χ1) is 14.4. The topological polar surface area (TPSA) is 98.1 Å². The Morgan fingerprint density at radius 2 is 1.87 bits per heavy atom. The SMILES string of the molecule is COC(=O)[C@H](CS(=O)(=O)NC[C@H](c1ccc(C)o1)N1CCOCC1)c1ccccc1. The van der Waals surface area contributed by atoms with Gasteiger partial charge in [0.25, 0.3) is 0 Å². The predicted molar refractivity (Wildman–Crippen MR) is 112 cm³/mol. The van der Waals surface area contributed by atoms with Gasteiger partial charge in [0.2, 0.25) is 10.0 Å². The van der Waals surface area contributed by atoms with E-state index < -0.39 is 27.7 Å². The highest BCUT2D eigenvalue weighted by Crippen LogP contribution is 2.24. The first kappa shape index (κ1) is 22.5. The van der Waals surface area contributed by atoms with Crippen molar-refractivity contribution in [2.24, 2.45) is 0 Å². The molecule has 0 bridgehead atoms. The normalized spacial score (nSPS) is 17.4. The molecule has 1 aromatic carbocycles. The Balaban J connectivity index is 1.73. The van der Waals surface area contributed by atoms with E-state index in [0.717, 1.165) is 5.76 Å². The van der Waals surface area contributed by atoms with Crippen LogP contribution in [0.15, 0.2) is 46.9 Å². The second-order valence-corrected chi connectivity index (χ2v) is 9.08. The number of nitrogens with one attached hydrogen (secondary N) is 1. The van der Waals surface area contributed by atoms with Gasteiger partial charge in [-0.25, -0.2) is 13.1 Å². The average molecular weight is 437 g/mol. The number of hydrogen-bond donors (Lipinski definition) is 1. The Labute approximate surface area is 177 Å². The molecule has 1 aromatic heterocycles. The molecule has 1 saturated heterocycles. The lowest BCUT2D eigenvalue weighted by atomic mass is 10.0. The number of nitrogens with zero attached hydrogens (tertiary/aromatic N) is 1. The molecule has 2 aromatic rings. The molecule has 0 radical (unpaired) electrons. The largest absolute Gasteiger partial charge is 0.469 e. The fraction of sp³-hybridized carbons (Fsp3) is 0.476.